The number of quaternary nitrogens is 1. The minimum absolute atomic E-state index is 0.168. The van der Waals surface area contributed by atoms with Crippen molar-refractivity contribution in [3.8, 4) is 0 Å². The molecule has 0 saturated carbocycles. The Morgan fingerprint density at radius 2 is 2.25 bits per heavy atom. The molecule has 12 heavy (non-hydrogen) atoms. The summed E-state index contributed by atoms with van der Waals surface area (Å²) in [6.45, 7) is 0. The quantitative estimate of drug-likeness (QED) is 0.491. The van der Waals surface area contributed by atoms with E-state index in [1.165, 1.54) is 6.07 Å². The van der Waals surface area contributed by atoms with Crippen molar-refractivity contribution in [3.05, 3.63) is 23.4 Å². The van der Waals surface area contributed by atoms with Gasteiger partial charge in [0.25, 0.3) is 0 Å². The largest absolute Gasteiger partial charge is 0.595 e. The van der Waals surface area contributed by atoms with Crippen molar-refractivity contribution in [2.75, 3.05) is 0 Å². The van der Waals surface area contributed by atoms with Gasteiger partial charge in [0.15, 0.2) is 11.2 Å². The summed E-state index contributed by atoms with van der Waals surface area (Å²) in [6, 6.07) is 4.83. The maximum Gasteiger partial charge on any atom is 0.193 e. The summed E-state index contributed by atoms with van der Waals surface area (Å²) in [7, 11) is 0. The average molecular weight is 166 g/mol. The molecule has 0 amide bonds. The molecule has 1 aromatic carbocycles. The number of hydrogen-bond acceptors (Lipinski definition) is 4. The topological polar surface area (TPSA) is 89.3 Å². The van der Waals surface area contributed by atoms with E-state index in [2.05, 4.69) is 15.4 Å². The van der Waals surface area contributed by atoms with Crippen molar-refractivity contribution in [1.82, 2.24) is 15.4 Å². The van der Waals surface area contributed by atoms with Gasteiger partial charge in [-0.05, 0) is 6.07 Å². The molecule has 0 radical (unpaired) electrons. The second-order valence-corrected chi connectivity index (χ2v) is 2.30. The Bertz CT molecular complexity index is 397. The first-order valence-corrected chi connectivity index (χ1v) is 3.32. The predicted octanol–water partition coefficient (Wildman–Crippen LogP) is -0.639. The molecule has 0 aliphatic carbocycles. The van der Waals surface area contributed by atoms with Crippen LogP contribution in [0.3, 0.4) is 0 Å². The molecule has 62 valence electrons. The van der Waals surface area contributed by atoms with Gasteiger partial charge in [-0.3, -0.25) is 0 Å². The van der Waals surface area contributed by atoms with E-state index >= 15 is 0 Å². The summed E-state index contributed by atoms with van der Waals surface area (Å²) in [5, 5.41) is 28.2. The highest BCUT2D eigenvalue weighted by molar-refractivity contribution is 5.82. The number of hydrogen-bond donors (Lipinski definition) is 3. The molecule has 0 aliphatic rings. The molecule has 1 aromatic heterocycles. The standard InChI is InChI=1S/C6H6N4O2/c11-10(12)5-3-1-2-4-6(5)8-9-7-4/h1-3,10-11H,(H,7,8,9). The van der Waals surface area contributed by atoms with Crippen LogP contribution < -0.4 is 5.23 Å². The zero-order valence-electron chi connectivity index (χ0n) is 5.98. The Morgan fingerprint density at radius 1 is 1.42 bits per heavy atom. The average Bonchev–Trinajstić information content (AvgIpc) is 2.49. The Balaban J connectivity index is 2.73. The van der Waals surface area contributed by atoms with Crippen molar-refractivity contribution in [1.29, 1.82) is 0 Å². The van der Waals surface area contributed by atoms with Gasteiger partial charge in [-0.2, -0.15) is 15.5 Å². The van der Waals surface area contributed by atoms with Crippen molar-refractivity contribution in [2.24, 2.45) is 0 Å². The van der Waals surface area contributed by atoms with Crippen LogP contribution in [0.1, 0.15) is 0 Å². The lowest BCUT2D eigenvalue weighted by Crippen LogP contribution is -2.99. The second kappa shape index (κ2) is 2.52. The highest BCUT2D eigenvalue weighted by Crippen LogP contribution is 2.13. The van der Waals surface area contributed by atoms with Crippen LogP contribution in [0.15, 0.2) is 18.2 Å². The molecule has 1 atom stereocenters. The van der Waals surface area contributed by atoms with Gasteiger partial charge < -0.3 is 5.21 Å². The zero-order valence-corrected chi connectivity index (χ0v) is 5.98. The van der Waals surface area contributed by atoms with Crippen LogP contribution in [-0.4, -0.2) is 20.6 Å². The van der Waals surface area contributed by atoms with Crippen LogP contribution in [0.5, 0.6) is 0 Å². The molecule has 0 spiro atoms. The van der Waals surface area contributed by atoms with Crippen molar-refractivity contribution < 1.29 is 10.4 Å². The monoisotopic (exact) mass is 166 g/mol. The molecular formula is C6H6N4O2. The number of nitrogens with zero attached hydrogens (tertiary/aromatic N) is 2. The lowest BCUT2D eigenvalue weighted by molar-refractivity contribution is -0.990. The third-order valence-corrected chi connectivity index (χ3v) is 1.58. The van der Waals surface area contributed by atoms with Crippen LogP contribution >= 0.6 is 0 Å². The van der Waals surface area contributed by atoms with E-state index in [1.54, 1.807) is 12.1 Å². The first kappa shape index (κ1) is 7.17. The Morgan fingerprint density at radius 3 is 3.00 bits per heavy atom. The first-order valence-electron chi connectivity index (χ1n) is 3.32. The molecule has 0 aliphatic heterocycles. The lowest BCUT2D eigenvalue weighted by Gasteiger charge is -2.10. The van der Waals surface area contributed by atoms with Crippen LogP contribution in [0.25, 0.3) is 11.0 Å². The van der Waals surface area contributed by atoms with E-state index in [0.717, 1.165) is 0 Å². The Hall–Kier alpha value is -1.50. The summed E-state index contributed by atoms with van der Waals surface area (Å²) in [4.78, 5) is 0. The van der Waals surface area contributed by atoms with Gasteiger partial charge in [-0.15, -0.1) is 5.10 Å². The zero-order chi connectivity index (χ0) is 8.55. The SMILES string of the molecule is [O-][NH+](O)c1cccc2n[nH]nc12. The van der Waals surface area contributed by atoms with Gasteiger partial charge in [0.2, 0.25) is 0 Å². The summed E-state index contributed by atoms with van der Waals surface area (Å²) < 4.78 is 0. The molecule has 2 aromatic rings. The number of nitrogens with one attached hydrogen (secondary N) is 2. The maximum atomic E-state index is 10.6. The Kier molecular flexibility index (Phi) is 1.51. The van der Waals surface area contributed by atoms with Crippen molar-refractivity contribution in [3.63, 3.8) is 0 Å². The van der Waals surface area contributed by atoms with Gasteiger partial charge in [0.1, 0.15) is 5.52 Å². The van der Waals surface area contributed by atoms with E-state index in [0.29, 0.717) is 11.0 Å². The molecule has 6 nitrogen and oxygen atoms in total. The summed E-state index contributed by atoms with van der Waals surface area (Å²) in [5.74, 6) is 0. The van der Waals surface area contributed by atoms with Crippen LogP contribution in [0, 0.1) is 5.21 Å². The van der Waals surface area contributed by atoms with Crippen molar-refractivity contribution >= 4 is 16.7 Å². The highest BCUT2D eigenvalue weighted by Gasteiger charge is 2.08. The van der Waals surface area contributed by atoms with E-state index in [1.807, 2.05) is 0 Å². The summed E-state index contributed by atoms with van der Waals surface area (Å²) in [5.41, 5.74) is 1.13. The van der Waals surface area contributed by atoms with Crippen LogP contribution in [-0.2, 0) is 0 Å². The summed E-state index contributed by atoms with van der Waals surface area (Å²) in [6.07, 6.45) is 0. The second-order valence-electron chi connectivity index (χ2n) is 2.30. The number of fused-ring (bicyclic) bond motifs is 1. The molecule has 0 fully saturated rings. The minimum atomic E-state index is -0.991. The molecule has 2 rings (SSSR count). The fourth-order valence-corrected chi connectivity index (χ4v) is 1.04. The predicted molar refractivity (Wildman–Crippen MR) is 39.7 cm³/mol. The molecule has 3 N–H and O–H groups in total. The number of rotatable bonds is 1. The lowest BCUT2D eigenvalue weighted by atomic mass is 10.3. The fourth-order valence-electron chi connectivity index (χ4n) is 1.04. The third-order valence-electron chi connectivity index (χ3n) is 1.58. The van der Waals surface area contributed by atoms with Gasteiger partial charge in [-0.1, -0.05) is 6.07 Å². The first-order chi connectivity index (χ1) is 5.79. The van der Waals surface area contributed by atoms with Crippen molar-refractivity contribution in [2.45, 2.75) is 0 Å². The van der Waals surface area contributed by atoms with Crippen LogP contribution in [0.2, 0.25) is 0 Å². The smallest absolute Gasteiger partial charge is 0.193 e. The number of benzene rings is 1. The normalized spacial score (nSPS) is 13.5. The van der Waals surface area contributed by atoms with Gasteiger partial charge in [0, 0.05) is 6.07 Å². The summed E-state index contributed by atoms with van der Waals surface area (Å²) >= 11 is 0. The molecule has 6 heteroatoms. The number of para-hydroxylation sites is 1. The molecule has 0 saturated heterocycles. The molecule has 0 bridgehead atoms. The van der Waals surface area contributed by atoms with E-state index in [-0.39, 0.29) is 5.69 Å². The number of aromatic amines is 1. The number of aromatic nitrogens is 3. The van der Waals surface area contributed by atoms with E-state index in [4.69, 9.17) is 5.21 Å². The van der Waals surface area contributed by atoms with Crippen LogP contribution in [0.4, 0.5) is 5.69 Å². The van der Waals surface area contributed by atoms with Gasteiger partial charge >= 0.3 is 0 Å². The highest BCUT2D eigenvalue weighted by atomic mass is 16.8. The number of H-pyrrole nitrogens is 1. The molecular weight excluding hydrogens is 160 g/mol. The van der Waals surface area contributed by atoms with Gasteiger partial charge in [0.05, 0.1) is 0 Å². The van der Waals surface area contributed by atoms with Gasteiger partial charge in [-0.25, -0.2) is 5.21 Å². The van der Waals surface area contributed by atoms with E-state index in [9.17, 15) is 5.21 Å². The maximum absolute atomic E-state index is 10.6. The van der Waals surface area contributed by atoms with E-state index < -0.39 is 5.23 Å². The third kappa shape index (κ3) is 0.944. The molecule has 1 heterocycles. The fraction of sp³-hybridized carbons (Fsp3) is 0. The Labute approximate surface area is 67.0 Å². The molecule has 1 unspecified atom stereocenters. The minimum Gasteiger partial charge on any atom is -0.595 e.